The quantitative estimate of drug-likeness (QED) is 0.636. The molecule has 0 atom stereocenters. The van der Waals surface area contributed by atoms with Crippen molar-refractivity contribution in [2.75, 3.05) is 12.8 Å². The van der Waals surface area contributed by atoms with E-state index in [-0.39, 0.29) is 0 Å². The fraction of sp³-hybridized carbons (Fsp3) is 0.200. The number of aromatic nitrogens is 2. The number of hydrogen-bond donors (Lipinski definition) is 2. The maximum atomic E-state index is 5.87. The number of benzene rings is 1. The Bertz CT molecular complexity index is 545. The number of aryl methyl sites for hydroxylation is 1. The maximum absolute atomic E-state index is 5.87. The third kappa shape index (κ3) is 1.90. The molecule has 0 saturated heterocycles. The van der Waals surface area contributed by atoms with Gasteiger partial charge in [-0.3, -0.25) is 0 Å². The number of nitrogens with two attached hydrogens (primary N) is 1. The predicted molar refractivity (Wildman–Crippen MR) is 70.1 cm³/mol. The van der Waals surface area contributed by atoms with Crippen LogP contribution in [0.3, 0.4) is 0 Å². The van der Waals surface area contributed by atoms with Crippen LogP contribution in [0.2, 0.25) is 0 Å². The minimum absolute atomic E-state index is 0.440. The molecule has 1 aromatic heterocycles. The molecule has 0 spiro atoms. The number of ether oxygens (including phenoxy) is 1. The first-order valence-electron chi connectivity index (χ1n) is 4.59. The molecular weight excluding hydrogens is 242 g/mol. The van der Waals surface area contributed by atoms with Gasteiger partial charge in [-0.05, 0) is 19.1 Å². The number of anilines is 1. The van der Waals surface area contributed by atoms with E-state index in [1.165, 1.54) is 10.8 Å². The third-order valence-corrected chi connectivity index (χ3v) is 3.28. The van der Waals surface area contributed by atoms with E-state index < -0.39 is 0 Å². The van der Waals surface area contributed by atoms with E-state index in [2.05, 4.69) is 21.6 Å². The van der Waals surface area contributed by atoms with Crippen LogP contribution < -0.4 is 10.5 Å². The van der Waals surface area contributed by atoms with Gasteiger partial charge >= 0.3 is 0 Å². The van der Waals surface area contributed by atoms with Gasteiger partial charge in [-0.15, -0.1) is 11.7 Å². The number of fused-ring (bicyclic) bond motifs is 1. The molecule has 0 aliphatic carbocycles. The van der Waals surface area contributed by atoms with Crippen molar-refractivity contribution in [3.63, 3.8) is 0 Å². The van der Waals surface area contributed by atoms with E-state index in [1.54, 1.807) is 7.11 Å². The second-order valence-electron chi connectivity index (χ2n) is 3.27. The SMILES string of the molecule is COc1cc(SS)cc2nc(C)nc(N)c12. The molecule has 0 fully saturated rings. The number of thiol groups is 1. The smallest absolute Gasteiger partial charge is 0.138 e. The first kappa shape index (κ1) is 11.3. The number of nitrogen functional groups attached to an aromatic ring is 1. The Balaban J connectivity index is 2.83. The Morgan fingerprint density at radius 2 is 2.12 bits per heavy atom. The molecule has 0 bridgehead atoms. The van der Waals surface area contributed by atoms with Gasteiger partial charge in [0.05, 0.1) is 18.0 Å². The molecule has 2 N–H and O–H groups in total. The number of methoxy groups -OCH3 is 1. The van der Waals surface area contributed by atoms with Crippen molar-refractivity contribution in [2.45, 2.75) is 11.8 Å². The molecule has 0 aliphatic heterocycles. The van der Waals surface area contributed by atoms with Crippen molar-refractivity contribution in [3.05, 3.63) is 18.0 Å². The van der Waals surface area contributed by atoms with Crippen molar-refractivity contribution in [2.24, 2.45) is 0 Å². The van der Waals surface area contributed by atoms with Gasteiger partial charge in [-0.2, -0.15) is 0 Å². The zero-order valence-corrected chi connectivity index (χ0v) is 10.6. The molecule has 16 heavy (non-hydrogen) atoms. The van der Waals surface area contributed by atoms with Crippen LogP contribution in [0, 0.1) is 6.92 Å². The van der Waals surface area contributed by atoms with E-state index in [4.69, 9.17) is 10.5 Å². The van der Waals surface area contributed by atoms with Gasteiger partial charge in [0.15, 0.2) is 0 Å². The van der Waals surface area contributed by atoms with Crippen LogP contribution in [-0.2, 0) is 0 Å². The van der Waals surface area contributed by atoms with Crippen molar-refractivity contribution < 1.29 is 4.74 Å². The minimum Gasteiger partial charge on any atom is -0.496 e. The van der Waals surface area contributed by atoms with Gasteiger partial charge in [-0.1, -0.05) is 10.8 Å². The molecule has 84 valence electrons. The summed E-state index contributed by atoms with van der Waals surface area (Å²) in [5.41, 5.74) is 6.65. The van der Waals surface area contributed by atoms with Crippen LogP contribution in [0.5, 0.6) is 5.75 Å². The highest BCUT2D eigenvalue weighted by Crippen LogP contribution is 2.34. The summed E-state index contributed by atoms with van der Waals surface area (Å²) in [6, 6.07) is 3.79. The highest BCUT2D eigenvalue weighted by atomic mass is 33.1. The Hall–Kier alpha value is -1.14. The monoisotopic (exact) mass is 253 g/mol. The molecule has 0 radical (unpaired) electrons. The van der Waals surface area contributed by atoms with E-state index in [1.807, 2.05) is 19.1 Å². The van der Waals surface area contributed by atoms with E-state index in [9.17, 15) is 0 Å². The molecule has 2 rings (SSSR count). The summed E-state index contributed by atoms with van der Waals surface area (Å²) in [4.78, 5) is 9.43. The van der Waals surface area contributed by atoms with Crippen molar-refractivity contribution >= 4 is 39.2 Å². The zero-order chi connectivity index (χ0) is 11.7. The summed E-state index contributed by atoms with van der Waals surface area (Å²) in [5, 5.41) is 0.749. The lowest BCUT2D eigenvalue weighted by atomic mass is 10.2. The van der Waals surface area contributed by atoms with Crippen LogP contribution in [0.4, 0.5) is 5.82 Å². The van der Waals surface area contributed by atoms with Crippen LogP contribution in [0.25, 0.3) is 10.9 Å². The Morgan fingerprint density at radius 3 is 2.75 bits per heavy atom. The normalized spacial score (nSPS) is 10.7. The van der Waals surface area contributed by atoms with Crippen LogP contribution in [-0.4, -0.2) is 17.1 Å². The second kappa shape index (κ2) is 4.39. The van der Waals surface area contributed by atoms with E-state index in [0.29, 0.717) is 17.4 Å². The van der Waals surface area contributed by atoms with Gasteiger partial charge in [-0.25, -0.2) is 9.97 Å². The Morgan fingerprint density at radius 1 is 1.38 bits per heavy atom. The summed E-state index contributed by atoms with van der Waals surface area (Å²) in [5.74, 6) is 1.76. The molecule has 1 heterocycles. The van der Waals surface area contributed by atoms with Crippen LogP contribution in [0.1, 0.15) is 5.82 Å². The average molecular weight is 253 g/mol. The zero-order valence-electron chi connectivity index (χ0n) is 8.89. The van der Waals surface area contributed by atoms with Gasteiger partial charge in [0.25, 0.3) is 0 Å². The highest BCUT2D eigenvalue weighted by molar-refractivity contribution is 8.68. The van der Waals surface area contributed by atoms with E-state index >= 15 is 0 Å². The van der Waals surface area contributed by atoms with E-state index in [0.717, 1.165) is 15.8 Å². The predicted octanol–water partition coefficient (Wildman–Crippen LogP) is 2.47. The lowest BCUT2D eigenvalue weighted by Crippen LogP contribution is -1.99. The minimum atomic E-state index is 0.440. The summed E-state index contributed by atoms with van der Waals surface area (Å²) in [6.07, 6.45) is 0. The highest BCUT2D eigenvalue weighted by Gasteiger charge is 2.10. The lowest BCUT2D eigenvalue weighted by molar-refractivity contribution is 0.419. The topological polar surface area (TPSA) is 61.0 Å². The standard InChI is InChI=1S/C10H11N3OS2/c1-5-12-7-3-6(16-15)4-8(14-2)9(7)10(11)13-5/h3-4,15H,1-2H3,(H2,11,12,13). The average Bonchev–Trinajstić information content (AvgIpc) is 2.26. The van der Waals surface area contributed by atoms with Crippen molar-refractivity contribution in [1.29, 1.82) is 0 Å². The fourth-order valence-corrected chi connectivity index (χ4v) is 2.21. The van der Waals surface area contributed by atoms with Gasteiger partial charge in [0.2, 0.25) is 0 Å². The fourth-order valence-electron chi connectivity index (χ4n) is 1.57. The Labute approximate surface area is 102 Å². The van der Waals surface area contributed by atoms with Gasteiger partial charge < -0.3 is 10.5 Å². The molecule has 0 amide bonds. The number of nitrogens with zero attached hydrogens (tertiary/aromatic N) is 2. The molecule has 0 saturated carbocycles. The number of hydrogen-bond acceptors (Lipinski definition) is 6. The maximum Gasteiger partial charge on any atom is 0.138 e. The second-order valence-corrected chi connectivity index (χ2v) is 4.47. The molecule has 2 aromatic rings. The summed E-state index contributed by atoms with van der Waals surface area (Å²) in [6.45, 7) is 1.81. The molecule has 6 heteroatoms. The van der Waals surface area contributed by atoms with Gasteiger partial charge in [0.1, 0.15) is 17.4 Å². The van der Waals surface area contributed by atoms with Crippen molar-refractivity contribution in [3.8, 4) is 5.75 Å². The largest absolute Gasteiger partial charge is 0.496 e. The Kier molecular flexibility index (Phi) is 3.11. The molecule has 4 nitrogen and oxygen atoms in total. The third-order valence-electron chi connectivity index (χ3n) is 2.20. The summed E-state index contributed by atoms with van der Waals surface area (Å²) < 4.78 is 5.28. The lowest BCUT2D eigenvalue weighted by Gasteiger charge is -2.09. The first-order valence-corrected chi connectivity index (χ1v) is 6.46. The summed E-state index contributed by atoms with van der Waals surface area (Å²) in [7, 11) is 2.94. The molecule has 0 unspecified atom stereocenters. The van der Waals surface area contributed by atoms with Crippen LogP contribution in [0.15, 0.2) is 17.0 Å². The van der Waals surface area contributed by atoms with Crippen molar-refractivity contribution in [1.82, 2.24) is 9.97 Å². The van der Waals surface area contributed by atoms with Crippen LogP contribution >= 0.6 is 22.5 Å². The molecule has 0 aliphatic rings. The summed E-state index contributed by atoms with van der Waals surface area (Å²) >= 11 is 4.16. The number of rotatable bonds is 2. The van der Waals surface area contributed by atoms with Gasteiger partial charge in [0, 0.05) is 4.90 Å². The first-order chi connectivity index (χ1) is 7.65. The molecule has 1 aromatic carbocycles. The molecular formula is C10H11N3OS2.